The number of nitrogens with zero attached hydrogens (tertiary/aromatic N) is 1. The van der Waals surface area contributed by atoms with Gasteiger partial charge in [-0.3, -0.25) is 14.5 Å². The highest BCUT2D eigenvalue weighted by molar-refractivity contribution is 7.09. The lowest BCUT2D eigenvalue weighted by Gasteiger charge is -2.25. The molecule has 0 fully saturated rings. The Labute approximate surface area is 130 Å². The number of nitrogens with one attached hydrogen (secondary N) is 1. The molecule has 21 heavy (non-hydrogen) atoms. The van der Waals surface area contributed by atoms with Gasteiger partial charge in [0.2, 0.25) is 0 Å². The molecule has 0 bridgehead atoms. The van der Waals surface area contributed by atoms with Gasteiger partial charge in [0.05, 0.1) is 13.5 Å². The second kappa shape index (κ2) is 8.34. The summed E-state index contributed by atoms with van der Waals surface area (Å²) in [6.07, 6.45) is 0.127. The summed E-state index contributed by atoms with van der Waals surface area (Å²) < 4.78 is 4.68. The number of methoxy groups -OCH3 is 1. The van der Waals surface area contributed by atoms with Crippen molar-refractivity contribution >= 4 is 17.3 Å². The molecule has 0 unspecified atom stereocenters. The third-order valence-electron chi connectivity index (χ3n) is 2.97. The number of hydrogen-bond acceptors (Lipinski definition) is 5. The van der Waals surface area contributed by atoms with Gasteiger partial charge in [0.25, 0.3) is 0 Å². The van der Waals surface area contributed by atoms with E-state index in [9.17, 15) is 9.59 Å². The maximum atomic E-state index is 11.6. The van der Waals surface area contributed by atoms with E-state index < -0.39 is 0 Å². The van der Waals surface area contributed by atoms with E-state index in [0.29, 0.717) is 24.1 Å². The first-order valence-corrected chi connectivity index (χ1v) is 8.13. The van der Waals surface area contributed by atoms with Crippen LogP contribution < -0.4 is 4.87 Å². The van der Waals surface area contributed by atoms with Crippen LogP contribution in [0.4, 0.5) is 0 Å². The number of carbonyl (C=O) groups excluding carboxylic acids is 1. The zero-order valence-electron chi connectivity index (χ0n) is 13.6. The Balaban J connectivity index is 2.86. The summed E-state index contributed by atoms with van der Waals surface area (Å²) in [5, 5.41) is 0. The molecule has 0 radical (unpaired) electrons. The predicted molar refractivity (Wildman–Crippen MR) is 85.6 cm³/mol. The zero-order valence-corrected chi connectivity index (χ0v) is 14.4. The van der Waals surface area contributed by atoms with Crippen molar-refractivity contribution in [1.29, 1.82) is 0 Å². The molecule has 0 atom stereocenters. The minimum atomic E-state index is -0.329. The summed E-state index contributed by atoms with van der Waals surface area (Å²) >= 11 is 1.19. The first-order chi connectivity index (χ1) is 9.81. The summed E-state index contributed by atoms with van der Waals surface area (Å²) in [7, 11) is 1.36. The number of carbonyl (C=O) groups is 1. The molecule has 0 aromatic carbocycles. The van der Waals surface area contributed by atoms with E-state index >= 15 is 0 Å². The zero-order chi connectivity index (χ0) is 16.0. The van der Waals surface area contributed by atoms with Crippen LogP contribution in [0.1, 0.15) is 38.3 Å². The van der Waals surface area contributed by atoms with Gasteiger partial charge >= 0.3 is 10.8 Å². The highest BCUT2D eigenvalue weighted by atomic mass is 32.1. The average Bonchev–Trinajstić information content (AvgIpc) is 2.67. The summed E-state index contributed by atoms with van der Waals surface area (Å²) in [5.41, 5.74) is 0.689. The van der Waals surface area contributed by atoms with Gasteiger partial charge in [-0.05, 0) is 11.8 Å². The van der Waals surface area contributed by atoms with Gasteiger partial charge in [-0.2, -0.15) is 0 Å². The first kappa shape index (κ1) is 17.9. The molecule has 6 heteroatoms. The molecular formula is C15H26N2O3S. The molecule has 5 nitrogen and oxygen atoms in total. The molecule has 0 aliphatic heterocycles. The molecule has 0 amide bonds. The van der Waals surface area contributed by atoms with Crippen molar-refractivity contribution in [2.24, 2.45) is 11.8 Å². The number of esters is 1. The number of hydrogen-bond donors (Lipinski definition) is 1. The minimum absolute atomic E-state index is 0.113. The number of ether oxygens (including phenoxy) is 1. The van der Waals surface area contributed by atoms with Crippen molar-refractivity contribution in [3.8, 4) is 0 Å². The smallest absolute Gasteiger partial charge is 0.311 e. The molecular weight excluding hydrogens is 288 g/mol. The number of H-pyrrole nitrogens is 1. The van der Waals surface area contributed by atoms with Crippen LogP contribution in [0.2, 0.25) is 0 Å². The van der Waals surface area contributed by atoms with Crippen molar-refractivity contribution in [3.63, 3.8) is 0 Å². The van der Waals surface area contributed by atoms with Crippen LogP contribution in [0, 0.1) is 11.8 Å². The van der Waals surface area contributed by atoms with Crippen LogP contribution in [0.25, 0.3) is 0 Å². The molecule has 120 valence electrons. The van der Waals surface area contributed by atoms with Gasteiger partial charge in [-0.25, -0.2) is 0 Å². The van der Waals surface area contributed by atoms with E-state index in [2.05, 4.69) is 42.3 Å². The van der Waals surface area contributed by atoms with E-state index in [1.54, 1.807) is 0 Å². The molecule has 1 aromatic heterocycles. The maximum Gasteiger partial charge on any atom is 0.311 e. The molecule has 1 rings (SSSR count). The van der Waals surface area contributed by atoms with E-state index in [0.717, 1.165) is 18.0 Å². The largest absolute Gasteiger partial charge is 0.469 e. The maximum absolute atomic E-state index is 11.6. The average molecular weight is 314 g/mol. The lowest BCUT2D eigenvalue weighted by Crippen LogP contribution is -2.31. The third kappa shape index (κ3) is 6.44. The van der Waals surface area contributed by atoms with Crippen LogP contribution in [0.3, 0.4) is 0 Å². The SMILES string of the molecule is COC(=O)Cc1[nH]c(=O)sc1CN(CC(C)C)CC(C)C. The summed E-state index contributed by atoms with van der Waals surface area (Å²) in [5.74, 6) is 0.788. The van der Waals surface area contributed by atoms with Gasteiger partial charge in [0, 0.05) is 30.2 Å². The van der Waals surface area contributed by atoms with Crippen LogP contribution in [0.15, 0.2) is 4.79 Å². The van der Waals surface area contributed by atoms with Crippen molar-refractivity contribution in [2.75, 3.05) is 20.2 Å². The van der Waals surface area contributed by atoms with Gasteiger partial charge in [0.1, 0.15) is 0 Å². The van der Waals surface area contributed by atoms with Crippen LogP contribution in [-0.4, -0.2) is 36.1 Å². The Morgan fingerprint density at radius 3 is 2.29 bits per heavy atom. The molecule has 1 aromatic rings. The Hall–Kier alpha value is -1.14. The highest BCUT2D eigenvalue weighted by Crippen LogP contribution is 2.16. The van der Waals surface area contributed by atoms with Crippen molar-refractivity contribution in [1.82, 2.24) is 9.88 Å². The number of aromatic nitrogens is 1. The fraction of sp³-hybridized carbons (Fsp3) is 0.733. The van der Waals surface area contributed by atoms with E-state index in [1.807, 2.05) is 0 Å². The second-order valence-corrected chi connectivity index (χ2v) is 7.22. The van der Waals surface area contributed by atoms with Crippen molar-refractivity contribution in [3.05, 3.63) is 20.2 Å². The van der Waals surface area contributed by atoms with Gasteiger partial charge in [-0.15, -0.1) is 0 Å². The lowest BCUT2D eigenvalue weighted by molar-refractivity contribution is -0.139. The Morgan fingerprint density at radius 2 is 1.81 bits per heavy atom. The summed E-state index contributed by atoms with van der Waals surface area (Å²) in [4.78, 5) is 29.0. The van der Waals surface area contributed by atoms with Gasteiger partial charge < -0.3 is 9.72 Å². The molecule has 0 aliphatic carbocycles. The predicted octanol–water partition coefficient (Wildman–Crippen LogP) is 2.27. The normalized spacial score (nSPS) is 11.6. The van der Waals surface area contributed by atoms with E-state index in [-0.39, 0.29) is 17.3 Å². The fourth-order valence-corrected chi connectivity index (χ4v) is 3.21. The van der Waals surface area contributed by atoms with Crippen LogP contribution >= 0.6 is 11.3 Å². The van der Waals surface area contributed by atoms with Crippen LogP contribution in [-0.2, 0) is 22.5 Å². The Morgan fingerprint density at radius 1 is 1.24 bits per heavy atom. The number of thiazole rings is 1. The van der Waals surface area contributed by atoms with Crippen LogP contribution in [0.5, 0.6) is 0 Å². The summed E-state index contributed by atoms with van der Waals surface area (Å²) in [6, 6.07) is 0. The molecule has 1 N–H and O–H groups in total. The molecule has 0 saturated heterocycles. The highest BCUT2D eigenvalue weighted by Gasteiger charge is 2.17. The molecule has 1 heterocycles. The number of rotatable bonds is 8. The monoisotopic (exact) mass is 314 g/mol. The van der Waals surface area contributed by atoms with E-state index in [4.69, 9.17) is 0 Å². The first-order valence-electron chi connectivity index (χ1n) is 7.31. The Bertz CT molecular complexity index is 495. The minimum Gasteiger partial charge on any atom is -0.469 e. The Kier molecular flexibility index (Phi) is 7.11. The molecule has 0 saturated carbocycles. The second-order valence-electron chi connectivity index (χ2n) is 6.15. The van der Waals surface area contributed by atoms with Crippen molar-refractivity contribution < 1.29 is 9.53 Å². The van der Waals surface area contributed by atoms with Crippen molar-refractivity contribution in [2.45, 2.75) is 40.7 Å². The standard InChI is InChI=1S/C15H26N2O3S/c1-10(2)7-17(8-11(3)4)9-13-12(6-14(18)20-5)16-15(19)21-13/h10-11H,6-9H2,1-5H3,(H,16,19). The molecule has 0 aliphatic rings. The number of aromatic amines is 1. The van der Waals surface area contributed by atoms with Gasteiger partial charge in [0.15, 0.2) is 0 Å². The van der Waals surface area contributed by atoms with Gasteiger partial charge in [-0.1, -0.05) is 39.0 Å². The quantitative estimate of drug-likeness (QED) is 0.748. The lowest BCUT2D eigenvalue weighted by atomic mass is 10.1. The van der Waals surface area contributed by atoms with E-state index in [1.165, 1.54) is 18.4 Å². The fourth-order valence-electron chi connectivity index (χ4n) is 2.32. The summed E-state index contributed by atoms with van der Waals surface area (Å²) in [6.45, 7) is 11.4. The topological polar surface area (TPSA) is 62.4 Å². The molecule has 0 spiro atoms. The third-order valence-corrected chi connectivity index (χ3v) is 3.88.